The predicted molar refractivity (Wildman–Crippen MR) is 113 cm³/mol. The van der Waals surface area contributed by atoms with Crippen LogP contribution in [0, 0.1) is 17.6 Å². The van der Waals surface area contributed by atoms with Gasteiger partial charge in [-0.25, -0.2) is 8.78 Å². The maximum absolute atomic E-state index is 14.0. The van der Waals surface area contributed by atoms with E-state index in [9.17, 15) is 18.4 Å². The van der Waals surface area contributed by atoms with E-state index in [1.54, 1.807) is 33.9 Å². The van der Waals surface area contributed by atoms with Crippen molar-refractivity contribution >= 4 is 23.2 Å². The van der Waals surface area contributed by atoms with E-state index >= 15 is 0 Å². The molecule has 2 aromatic carbocycles. The van der Waals surface area contributed by atoms with Crippen LogP contribution < -0.4 is 4.80 Å². The van der Waals surface area contributed by atoms with Crippen molar-refractivity contribution in [3.8, 4) is 0 Å². The Morgan fingerprint density at radius 2 is 1.74 bits per heavy atom. The van der Waals surface area contributed by atoms with Crippen molar-refractivity contribution in [1.29, 1.82) is 0 Å². The lowest BCUT2D eigenvalue weighted by atomic mass is 9.95. The average molecular weight is 442 g/mol. The van der Waals surface area contributed by atoms with Gasteiger partial charge < -0.3 is 9.47 Å². The standard InChI is InChI=1S/C23H21F2N3O2S/c24-19-7-5-17(6-8-19)22(30)27-11-9-16(10-12-27)21(29)26-23-28(13-14-31-23)15-18-3-1-2-4-20(18)25/h1-8,13-14,16H,9-12,15H2. The van der Waals surface area contributed by atoms with E-state index in [0.29, 0.717) is 48.4 Å². The molecule has 1 saturated heterocycles. The van der Waals surface area contributed by atoms with E-state index in [-0.39, 0.29) is 29.4 Å². The molecular weight excluding hydrogens is 420 g/mol. The van der Waals surface area contributed by atoms with Crippen molar-refractivity contribution in [3.05, 3.63) is 87.7 Å². The zero-order valence-corrected chi connectivity index (χ0v) is 17.5. The Morgan fingerprint density at radius 1 is 1.03 bits per heavy atom. The number of aromatic nitrogens is 1. The molecule has 1 aliphatic rings. The summed E-state index contributed by atoms with van der Waals surface area (Å²) in [5, 5.41) is 1.82. The van der Waals surface area contributed by atoms with Gasteiger partial charge in [-0.3, -0.25) is 9.59 Å². The zero-order chi connectivity index (χ0) is 21.8. The first-order valence-electron chi connectivity index (χ1n) is 10.0. The Hall–Kier alpha value is -3.13. The molecule has 0 N–H and O–H groups in total. The Balaban J connectivity index is 1.40. The van der Waals surface area contributed by atoms with E-state index in [2.05, 4.69) is 4.99 Å². The molecule has 31 heavy (non-hydrogen) atoms. The summed E-state index contributed by atoms with van der Waals surface area (Å²) in [6.45, 7) is 1.19. The number of nitrogens with zero attached hydrogens (tertiary/aromatic N) is 3. The number of carbonyl (C=O) groups is 2. The Labute approximate surface area is 182 Å². The summed E-state index contributed by atoms with van der Waals surface area (Å²) >= 11 is 1.33. The topological polar surface area (TPSA) is 54.7 Å². The molecular formula is C23H21F2N3O2S. The number of thiazole rings is 1. The van der Waals surface area contributed by atoms with Crippen molar-refractivity contribution in [2.45, 2.75) is 19.4 Å². The molecule has 5 nitrogen and oxygen atoms in total. The van der Waals surface area contributed by atoms with Gasteiger partial charge in [0.05, 0.1) is 6.54 Å². The number of hydrogen-bond donors (Lipinski definition) is 0. The van der Waals surface area contributed by atoms with Crippen LogP contribution in [0.5, 0.6) is 0 Å². The number of likely N-dealkylation sites (tertiary alicyclic amines) is 1. The van der Waals surface area contributed by atoms with E-state index < -0.39 is 0 Å². The number of amides is 2. The fourth-order valence-corrected chi connectivity index (χ4v) is 4.34. The smallest absolute Gasteiger partial charge is 0.253 e. The lowest BCUT2D eigenvalue weighted by Crippen LogP contribution is -2.40. The van der Waals surface area contributed by atoms with Gasteiger partial charge in [0.2, 0.25) is 0 Å². The largest absolute Gasteiger partial charge is 0.339 e. The molecule has 1 fully saturated rings. The summed E-state index contributed by atoms with van der Waals surface area (Å²) in [5.74, 6) is -1.33. The van der Waals surface area contributed by atoms with Gasteiger partial charge in [0.25, 0.3) is 11.8 Å². The molecule has 2 heterocycles. The Kier molecular flexibility index (Phi) is 6.36. The summed E-state index contributed by atoms with van der Waals surface area (Å²) in [5.41, 5.74) is 0.964. The first-order valence-corrected chi connectivity index (χ1v) is 10.9. The average Bonchev–Trinajstić information content (AvgIpc) is 3.22. The highest BCUT2D eigenvalue weighted by atomic mass is 32.1. The maximum Gasteiger partial charge on any atom is 0.253 e. The van der Waals surface area contributed by atoms with Crippen LogP contribution in [0.4, 0.5) is 8.78 Å². The molecule has 0 bridgehead atoms. The Bertz CT molecular complexity index is 1150. The summed E-state index contributed by atoms with van der Waals surface area (Å²) < 4.78 is 28.8. The predicted octanol–water partition coefficient (Wildman–Crippen LogP) is 3.86. The highest BCUT2D eigenvalue weighted by Crippen LogP contribution is 2.20. The summed E-state index contributed by atoms with van der Waals surface area (Å²) in [6, 6.07) is 12.0. The number of benzene rings is 2. The molecule has 8 heteroatoms. The molecule has 0 aliphatic carbocycles. The summed E-state index contributed by atoms with van der Waals surface area (Å²) in [6.07, 6.45) is 2.83. The van der Waals surface area contributed by atoms with Crippen molar-refractivity contribution < 1.29 is 18.4 Å². The molecule has 0 saturated carbocycles. The van der Waals surface area contributed by atoms with E-state index in [1.165, 1.54) is 41.7 Å². The van der Waals surface area contributed by atoms with Crippen molar-refractivity contribution in [2.24, 2.45) is 10.9 Å². The monoisotopic (exact) mass is 441 g/mol. The molecule has 4 rings (SSSR count). The fourth-order valence-electron chi connectivity index (χ4n) is 3.61. The summed E-state index contributed by atoms with van der Waals surface area (Å²) in [7, 11) is 0. The molecule has 1 aliphatic heterocycles. The molecule has 0 spiro atoms. The van der Waals surface area contributed by atoms with E-state index in [0.717, 1.165) is 0 Å². The van der Waals surface area contributed by atoms with Gasteiger partial charge in [0.1, 0.15) is 11.6 Å². The second-order valence-corrected chi connectivity index (χ2v) is 8.30. The third kappa shape index (κ3) is 4.96. The molecule has 0 atom stereocenters. The van der Waals surface area contributed by atoms with Crippen molar-refractivity contribution in [2.75, 3.05) is 13.1 Å². The number of hydrogen-bond acceptors (Lipinski definition) is 3. The quantitative estimate of drug-likeness (QED) is 0.618. The molecule has 0 radical (unpaired) electrons. The van der Waals surface area contributed by atoms with Crippen molar-refractivity contribution in [1.82, 2.24) is 9.47 Å². The number of halogens is 2. The second kappa shape index (κ2) is 9.34. The summed E-state index contributed by atoms with van der Waals surface area (Å²) in [4.78, 5) is 31.8. The van der Waals surface area contributed by atoms with Gasteiger partial charge in [-0.1, -0.05) is 18.2 Å². The SMILES string of the molecule is O=C(N=c1sccn1Cc1ccccc1F)C1CCN(C(=O)c2ccc(F)cc2)CC1. The molecule has 0 unspecified atom stereocenters. The molecule has 2 amide bonds. The number of carbonyl (C=O) groups excluding carboxylic acids is 2. The van der Waals surface area contributed by atoms with Crippen LogP contribution in [0.2, 0.25) is 0 Å². The van der Waals surface area contributed by atoms with Gasteiger partial charge in [-0.2, -0.15) is 4.99 Å². The lowest BCUT2D eigenvalue weighted by Gasteiger charge is -2.30. The minimum absolute atomic E-state index is 0.163. The Morgan fingerprint density at radius 3 is 2.45 bits per heavy atom. The van der Waals surface area contributed by atoms with Crippen LogP contribution in [0.1, 0.15) is 28.8 Å². The zero-order valence-electron chi connectivity index (χ0n) is 16.7. The normalized spacial score (nSPS) is 15.3. The third-order valence-corrected chi connectivity index (χ3v) is 6.18. The lowest BCUT2D eigenvalue weighted by molar-refractivity contribution is -0.123. The van der Waals surface area contributed by atoms with Gasteiger partial charge in [-0.15, -0.1) is 11.3 Å². The van der Waals surface area contributed by atoms with Crippen LogP contribution in [0.25, 0.3) is 0 Å². The fraction of sp³-hybridized carbons (Fsp3) is 0.261. The minimum Gasteiger partial charge on any atom is -0.339 e. The minimum atomic E-state index is -0.386. The second-order valence-electron chi connectivity index (χ2n) is 7.43. The highest BCUT2D eigenvalue weighted by molar-refractivity contribution is 7.07. The van der Waals surface area contributed by atoms with Crippen LogP contribution in [-0.2, 0) is 11.3 Å². The highest BCUT2D eigenvalue weighted by Gasteiger charge is 2.27. The number of rotatable bonds is 4. The van der Waals surface area contributed by atoms with Crippen LogP contribution in [-0.4, -0.2) is 34.4 Å². The van der Waals surface area contributed by atoms with Gasteiger partial charge >= 0.3 is 0 Å². The molecule has 3 aromatic rings. The van der Waals surface area contributed by atoms with Crippen molar-refractivity contribution in [3.63, 3.8) is 0 Å². The number of piperidine rings is 1. The van der Waals surface area contributed by atoms with Crippen LogP contribution in [0.3, 0.4) is 0 Å². The van der Waals surface area contributed by atoms with Gasteiger partial charge in [0.15, 0.2) is 4.80 Å². The first-order chi connectivity index (χ1) is 15.0. The molecule has 1 aromatic heterocycles. The maximum atomic E-state index is 14.0. The van der Waals surface area contributed by atoms with Crippen LogP contribution >= 0.6 is 11.3 Å². The van der Waals surface area contributed by atoms with Gasteiger partial charge in [0, 0.05) is 41.7 Å². The van der Waals surface area contributed by atoms with E-state index in [4.69, 9.17) is 0 Å². The first kappa shape index (κ1) is 21.1. The molecule has 160 valence electrons. The van der Waals surface area contributed by atoms with Crippen LogP contribution in [0.15, 0.2) is 65.1 Å². The van der Waals surface area contributed by atoms with E-state index in [1.807, 2.05) is 5.38 Å². The third-order valence-electron chi connectivity index (χ3n) is 5.39. The van der Waals surface area contributed by atoms with Gasteiger partial charge in [-0.05, 0) is 43.2 Å².